The van der Waals surface area contributed by atoms with Crippen LogP contribution in [0.5, 0.6) is 0 Å². The van der Waals surface area contributed by atoms with Crippen LogP contribution in [0.25, 0.3) is 0 Å². The van der Waals surface area contributed by atoms with Crippen molar-refractivity contribution < 1.29 is 18.7 Å². The van der Waals surface area contributed by atoms with Crippen molar-refractivity contribution in [3.8, 4) is 0 Å². The van der Waals surface area contributed by atoms with Gasteiger partial charge in [0.05, 0.1) is 11.7 Å². The van der Waals surface area contributed by atoms with Gasteiger partial charge in [0.15, 0.2) is 11.6 Å². The number of rotatable bonds is 3. The molecular formula is C10H10BrF2NO2. The van der Waals surface area contributed by atoms with Gasteiger partial charge < -0.3 is 10.4 Å². The molecule has 0 aliphatic carbocycles. The van der Waals surface area contributed by atoms with Gasteiger partial charge in [0.2, 0.25) is 0 Å². The highest BCUT2D eigenvalue weighted by Gasteiger charge is 2.14. The van der Waals surface area contributed by atoms with E-state index in [1.807, 2.05) is 0 Å². The molecule has 0 aliphatic heterocycles. The van der Waals surface area contributed by atoms with Gasteiger partial charge in [0.25, 0.3) is 5.91 Å². The molecule has 88 valence electrons. The van der Waals surface area contributed by atoms with Crippen LogP contribution >= 0.6 is 15.9 Å². The molecule has 2 N–H and O–H groups in total. The van der Waals surface area contributed by atoms with E-state index < -0.39 is 23.6 Å². The van der Waals surface area contributed by atoms with Gasteiger partial charge in [0.1, 0.15) is 0 Å². The molecule has 1 aromatic rings. The molecule has 0 heterocycles. The highest BCUT2D eigenvalue weighted by atomic mass is 79.9. The third kappa shape index (κ3) is 3.24. The second kappa shape index (κ2) is 5.36. The average Bonchev–Trinajstić information content (AvgIpc) is 2.20. The number of hydrogen-bond donors (Lipinski definition) is 2. The Balaban J connectivity index is 2.87. The van der Waals surface area contributed by atoms with Gasteiger partial charge in [-0.25, -0.2) is 8.78 Å². The smallest absolute Gasteiger partial charge is 0.252 e. The van der Waals surface area contributed by atoms with Gasteiger partial charge in [-0.1, -0.05) is 0 Å². The topological polar surface area (TPSA) is 49.3 Å². The third-order valence-electron chi connectivity index (χ3n) is 1.81. The molecule has 0 fully saturated rings. The molecule has 3 nitrogen and oxygen atoms in total. The van der Waals surface area contributed by atoms with E-state index in [1.165, 1.54) is 6.92 Å². The zero-order chi connectivity index (χ0) is 12.3. The van der Waals surface area contributed by atoms with Gasteiger partial charge in [0, 0.05) is 11.0 Å². The van der Waals surface area contributed by atoms with Crippen LogP contribution < -0.4 is 5.32 Å². The minimum atomic E-state index is -1.09. The number of carbonyl (C=O) groups is 1. The lowest BCUT2D eigenvalue weighted by Gasteiger charge is -2.08. The van der Waals surface area contributed by atoms with E-state index in [1.54, 1.807) is 0 Å². The maximum Gasteiger partial charge on any atom is 0.252 e. The van der Waals surface area contributed by atoms with Crippen molar-refractivity contribution >= 4 is 21.8 Å². The van der Waals surface area contributed by atoms with Crippen LogP contribution in [0.4, 0.5) is 8.78 Å². The lowest BCUT2D eigenvalue weighted by atomic mass is 10.2. The summed E-state index contributed by atoms with van der Waals surface area (Å²) in [6.07, 6.45) is -0.701. The third-order valence-corrected chi connectivity index (χ3v) is 2.47. The molecule has 0 aliphatic rings. The standard InChI is InChI=1S/C10H10BrF2NO2/c1-5(15)4-14-10(16)6-2-8(12)9(13)3-7(6)11/h2-3,5,15H,4H2,1H3,(H,14,16). The molecule has 1 rings (SSSR count). The molecule has 1 unspecified atom stereocenters. The lowest BCUT2D eigenvalue weighted by Crippen LogP contribution is -2.30. The van der Waals surface area contributed by atoms with E-state index in [2.05, 4.69) is 21.2 Å². The molecule has 0 saturated carbocycles. The van der Waals surface area contributed by atoms with E-state index in [9.17, 15) is 13.6 Å². The zero-order valence-electron chi connectivity index (χ0n) is 8.43. The van der Waals surface area contributed by atoms with Gasteiger partial charge in [-0.3, -0.25) is 4.79 Å². The van der Waals surface area contributed by atoms with Crippen LogP contribution in [0, 0.1) is 11.6 Å². The summed E-state index contributed by atoms with van der Waals surface area (Å²) in [6, 6.07) is 1.68. The molecule has 0 bridgehead atoms. The first-order chi connectivity index (χ1) is 7.41. The summed E-state index contributed by atoms with van der Waals surface area (Å²) in [4.78, 5) is 11.5. The lowest BCUT2D eigenvalue weighted by molar-refractivity contribution is 0.0922. The van der Waals surface area contributed by atoms with Gasteiger partial charge in [-0.2, -0.15) is 0 Å². The Labute approximate surface area is 99.6 Å². The van der Waals surface area contributed by atoms with Crippen molar-refractivity contribution in [1.29, 1.82) is 0 Å². The largest absolute Gasteiger partial charge is 0.392 e. The number of carbonyl (C=O) groups excluding carboxylic acids is 1. The average molecular weight is 294 g/mol. The fourth-order valence-corrected chi connectivity index (χ4v) is 1.53. The number of halogens is 3. The molecule has 1 atom stereocenters. The first-order valence-corrected chi connectivity index (χ1v) is 5.32. The summed E-state index contributed by atoms with van der Waals surface area (Å²) in [7, 11) is 0. The Morgan fingerprint density at radius 2 is 2.06 bits per heavy atom. The van der Waals surface area contributed by atoms with Crippen LogP contribution in [0.15, 0.2) is 16.6 Å². The quantitative estimate of drug-likeness (QED) is 0.836. The van der Waals surface area contributed by atoms with Crippen molar-refractivity contribution in [1.82, 2.24) is 5.32 Å². The predicted octanol–water partition coefficient (Wildman–Crippen LogP) is 1.84. The van der Waals surface area contributed by atoms with Crippen molar-refractivity contribution in [3.63, 3.8) is 0 Å². The minimum absolute atomic E-state index is 0.0143. The van der Waals surface area contributed by atoms with Crippen molar-refractivity contribution in [2.75, 3.05) is 6.54 Å². The Kier molecular flexibility index (Phi) is 4.37. The van der Waals surface area contributed by atoms with E-state index in [-0.39, 0.29) is 16.6 Å². The van der Waals surface area contributed by atoms with E-state index in [0.29, 0.717) is 0 Å². The van der Waals surface area contributed by atoms with E-state index >= 15 is 0 Å². The second-order valence-electron chi connectivity index (χ2n) is 3.31. The predicted molar refractivity (Wildman–Crippen MR) is 58.1 cm³/mol. The monoisotopic (exact) mass is 293 g/mol. The first kappa shape index (κ1) is 13.1. The van der Waals surface area contributed by atoms with Crippen LogP contribution in [0.3, 0.4) is 0 Å². The number of aliphatic hydroxyl groups is 1. The molecule has 0 aromatic heterocycles. The Bertz CT molecular complexity index is 410. The summed E-state index contributed by atoms with van der Waals surface area (Å²) in [5, 5.41) is 11.3. The zero-order valence-corrected chi connectivity index (χ0v) is 10.0. The number of aliphatic hydroxyl groups excluding tert-OH is 1. The van der Waals surface area contributed by atoms with E-state index in [4.69, 9.17) is 5.11 Å². The SMILES string of the molecule is CC(O)CNC(=O)c1cc(F)c(F)cc1Br. The molecular weight excluding hydrogens is 284 g/mol. The summed E-state index contributed by atoms with van der Waals surface area (Å²) in [5.41, 5.74) is -0.0143. The van der Waals surface area contributed by atoms with Crippen LogP contribution in [-0.2, 0) is 0 Å². The van der Waals surface area contributed by atoms with Gasteiger partial charge in [-0.05, 0) is 35.0 Å². The summed E-state index contributed by atoms with van der Waals surface area (Å²) >= 11 is 2.96. The Morgan fingerprint density at radius 3 is 2.62 bits per heavy atom. The Morgan fingerprint density at radius 1 is 1.50 bits per heavy atom. The number of hydrogen-bond acceptors (Lipinski definition) is 2. The molecule has 6 heteroatoms. The van der Waals surface area contributed by atoms with Crippen molar-refractivity contribution in [2.24, 2.45) is 0 Å². The van der Waals surface area contributed by atoms with Crippen molar-refractivity contribution in [3.05, 3.63) is 33.8 Å². The number of amides is 1. The maximum absolute atomic E-state index is 12.9. The molecule has 16 heavy (non-hydrogen) atoms. The Hall–Kier alpha value is -1.01. The van der Waals surface area contributed by atoms with Crippen molar-refractivity contribution in [2.45, 2.75) is 13.0 Å². The van der Waals surface area contributed by atoms with Gasteiger partial charge >= 0.3 is 0 Å². The normalized spacial score (nSPS) is 12.3. The first-order valence-electron chi connectivity index (χ1n) is 4.52. The molecule has 1 amide bonds. The van der Waals surface area contributed by atoms with Crippen LogP contribution in [-0.4, -0.2) is 23.7 Å². The van der Waals surface area contributed by atoms with Gasteiger partial charge in [-0.15, -0.1) is 0 Å². The minimum Gasteiger partial charge on any atom is -0.392 e. The summed E-state index contributed by atoms with van der Waals surface area (Å²) in [5.74, 6) is -2.70. The number of nitrogens with one attached hydrogen (secondary N) is 1. The van der Waals surface area contributed by atoms with Crippen LogP contribution in [0.2, 0.25) is 0 Å². The molecule has 0 spiro atoms. The number of benzene rings is 1. The second-order valence-corrected chi connectivity index (χ2v) is 4.16. The van der Waals surface area contributed by atoms with E-state index in [0.717, 1.165) is 12.1 Å². The molecule has 0 radical (unpaired) electrons. The fourth-order valence-electron chi connectivity index (χ4n) is 1.03. The van der Waals surface area contributed by atoms with Crippen LogP contribution in [0.1, 0.15) is 17.3 Å². The highest BCUT2D eigenvalue weighted by Crippen LogP contribution is 2.20. The fraction of sp³-hybridized carbons (Fsp3) is 0.300. The summed E-state index contributed by atoms with van der Waals surface area (Å²) < 4.78 is 25.8. The highest BCUT2D eigenvalue weighted by molar-refractivity contribution is 9.10. The molecule has 1 aromatic carbocycles. The summed E-state index contributed by atoms with van der Waals surface area (Å²) in [6.45, 7) is 1.55. The molecule has 0 saturated heterocycles. The maximum atomic E-state index is 12.9.